The highest BCUT2D eigenvalue weighted by atomic mass is 16.5. The molecule has 2 N–H and O–H groups in total. The fourth-order valence-electron chi connectivity index (χ4n) is 1.94. The molecular formula is C15H19N5O4. The highest BCUT2D eigenvalue weighted by molar-refractivity contribution is 5.99. The quantitative estimate of drug-likeness (QED) is 0.452. The summed E-state index contributed by atoms with van der Waals surface area (Å²) >= 11 is 0. The highest BCUT2D eigenvalue weighted by Gasteiger charge is 2.21. The summed E-state index contributed by atoms with van der Waals surface area (Å²) in [6.07, 6.45) is 2.08. The molecule has 0 saturated heterocycles. The van der Waals surface area contributed by atoms with E-state index in [0.29, 0.717) is 6.61 Å². The largest absolute Gasteiger partial charge is 0.476 e. The third-order valence-electron chi connectivity index (χ3n) is 3.09. The summed E-state index contributed by atoms with van der Waals surface area (Å²) in [6, 6.07) is 0. The summed E-state index contributed by atoms with van der Waals surface area (Å²) in [7, 11) is 0. The number of ether oxygens (including phenoxy) is 2. The number of esters is 1. The molecule has 2 heterocycles. The lowest BCUT2D eigenvalue weighted by molar-refractivity contribution is -0.143. The van der Waals surface area contributed by atoms with Crippen LogP contribution in [0.5, 0.6) is 5.88 Å². The van der Waals surface area contributed by atoms with E-state index in [1.165, 1.54) is 20.0 Å². The molecule has 9 nitrogen and oxygen atoms in total. The van der Waals surface area contributed by atoms with Gasteiger partial charge in [-0.3, -0.25) is 9.59 Å². The third kappa shape index (κ3) is 4.12. The van der Waals surface area contributed by atoms with Gasteiger partial charge in [0.2, 0.25) is 17.6 Å². The first-order valence-electron chi connectivity index (χ1n) is 7.56. The van der Waals surface area contributed by atoms with E-state index in [1.54, 1.807) is 0 Å². The van der Waals surface area contributed by atoms with Crippen molar-refractivity contribution in [1.29, 1.82) is 0 Å². The Morgan fingerprint density at radius 3 is 2.71 bits per heavy atom. The number of rotatable bonds is 7. The number of nitrogens with two attached hydrogens (primary N) is 1. The van der Waals surface area contributed by atoms with Gasteiger partial charge in [-0.1, -0.05) is 13.3 Å². The predicted molar refractivity (Wildman–Crippen MR) is 85.5 cm³/mol. The smallest absolute Gasteiger partial charge is 0.303 e. The normalized spacial score (nSPS) is 12.0. The van der Waals surface area contributed by atoms with Crippen LogP contribution in [0.2, 0.25) is 0 Å². The SMILES string of the molecule is CCCCOc1nc(N)nc2ncc(C(=O)C(C)OC(C)=O)nc12. The molecule has 2 aromatic rings. The van der Waals surface area contributed by atoms with Crippen molar-refractivity contribution in [1.82, 2.24) is 19.9 Å². The van der Waals surface area contributed by atoms with Gasteiger partial charge in [-0.2, -0.15) is 9.97 Å². The Morgan fingerprint density at radius 2 is 2.04 bits per heavy atom. The molecule has 0 saturated carbocycles. The van der Waals surface area contributed by atoms with Crippen molar-refractivity contribution in [3.05, 3.63) is 11.9 Å². The van der Waals surface area contributed by atoms with E-state index in [2.05, 4.69) is 19.9 Å². The molecule has 128 valence electrons. The molecule has 0 bridgehead atoms. The highest BCUT2D eigenvalue weighted by Crippen LogP contribution is 2.21. The number of fused-ring (bicyclic) bond motifs is 1. The van der Waals surface area contributed by atoms with E-state index in [0.717, 1.165) is 12.8 Å². The summed E-state index contributed by atoms with van der Waals surface area (Å²) in [5.41, 5.74) is 6.13. The molecule has 0 aliphatic heterocycles. The first-order valence-corrected chi connectivity index (χ1v) is 7.56. The van der Waals surface area contributed by atoms with E-state index in [4.69, 9.17) is 15.2 Å². The van der Waals surface area contributed by atoms with Gasteiger partial charge >= 0.3 is 5.97 Å². The van der Waals surface area contributed by atoms with Gasteiger partial charge in [-0.25, -0.2) is 9.97 Å². The number of carbonyl (C=O) groups is 2. The lowest BCUT2D eigenvalue weighted by Gasteiger charge is -2.11. The molecule has 0 spiro atoms. The van der Waals surface area contributed by atoms with Crippen LogP contribution in [0.25, 0.3) is 11.2 Å². The van der Waals surface area contributed by atoms with Crippen LogP contribution < -0.4 is 10.5 Å². The number of anilines is 1. The van der Waals surface area contributed by atoms with Gasteiger partial charge in [0.1, 0.15) is 5.69 Å². The van der Waals surface area contributed by atoms with Crippen LogP contribution in [0.1, 0.15) is 44.1 Å². The topological polar surface area (TPSA) is 130 Å². The number of aromatic nitrogens is 4. The van der Waals surface area contributed by atoms with Crippen molar-refractivity contribution < 1.29 is 19.1 Å². The summed E-state index contributed by atoms with van der Waals surface area (Å²) in [6.45, 7) is 5.16. The molecule has 9 heteroatoms. The van der Waals surface area contributed by atoms with Gasteiger partial charge < -0.3 is 15.2 Å². The van der Waals surface area contributed by atoms with Crippen LogP contribution in [0.4, 0.5) is 5.95 Å². The monoisotopic (exact) mass is 333 g/mol. The van der Waals surface area contributed by atoms with Crippen molar-refractivity contribution in [2.75, 3.05) is 12.3 Å². The molecule has 0 fully saturated rings. The first-order chi connectivity index (χ1) is 11.4. The number of ketones is 1. The zero-order valence-electron chi connectivity index (χ0n) is 13.8. The van der Waals surface area contributed by atoms with Gasteiger partial charge in [0.05, 0.1) is 12.8 Å². The van der Waals surface area contributed by atoms with Crippen molar-refractivity contribution in [3.8, 4) is 5.88 Å². The van der Waals surface area contributed by atoms with Gasteiger partial charge in [0.25, 0.3) is 0 Å². The fourth-order valence-corrected chi connectivity index (χ4v) is 1.94. The second kappa shape index (κ2) is 7.62. The molecule has 0 aromatic carbocycles. The number of Topliss-reactive ketones (excluding diaryl/α,β-unsaturated/α-hetero) is 1. The van der Waals surface area contributed by atoms with Gasteiger partial charge in [0, 0.05) is 6.92 Å². The fraction of sp³-hybridized carbons (Fsp3) is 0.467. The summed E-state index contributed by atoms with van der Waals surface area (Å²) in [4.78, 5) is 39.5. The van der Waals surface area contributed by atoms with Gasteiger partial charge in [-0.15, -0.1) is 0 Å². The van der Waals surface area contributed by atoms with Crippen LogP contribution in [-0.2, 0) is 9.53 Å². The second-order valence-corrected chi connectivity index (χ2v) is 5.13. The van der Waals surface area contributed by atoms with E-state index < -0.39 is 17.9 Å². The van der Waals surface area contributed by atoms with E-state index in [-0.39, 0.29) is 28.7 Å². The molecule has 2 rings (SSSR count). The Kier molecular flexibility index (Phi) is 5.56. The van der Waals surface area contributed by atoms with Crippen molar-refractivity contribution in [3.63, 3.8) is 0 Å². The third-order valence-corrected chi connectivity index (χ3v) is 3.09. The standard InChI is InChI=1S/C15H19N5O4/c1-4-5-6-23-14-11-13(19-15(16)20-14)17-7-10(18-11)12(22)8(2)24-9(3)21/h7-8H,4-6H2,1-3H3,(H2,16,17,19,20). The van der Waals surface area contributed by atoms with Crippen LogP contribution in [0.15, 0.2) is 6.20 Å². The predicted octanol–water partition coefficient (Wildman–Crippen LogP) is 1.32. The van der Waals surface area contributed by atoms with E-state index in [1.807, 2.05) is 6.92 Å². The Bertz CT molecular complexity index is 765. The summed E-state index contributed by atoms with van der Waals surface area (Å²) in [5, 5.41) is 0. The van der Waals surface area contributed by atoms with Crippen LogP contribution in [-0.4, -0.2) is 44.4 Å². The van der Waals surface area contributed by atoms with Crippen LogP contribution >= 0.6 is 0 Å². The van der Waals surface area contributed by atoms with Crippen molar-refractivity contribution in [2.24, 2.45) is 0 Å². The average Bonchev–Trinajstić information content (AvgIpc) is 2.53. The molecule has 0 radical (unpaired) electrons. The van der Waals surface area contributed by atoms with Crippen LogP contribution in [0.3, 0.4) is 0 Å². The Balaban J connectivity index is 2.37. The Morgan fingerprint density at radius 1 is 1.29 bits per heavy atom. The number of nitrogens with zero attached hydrogens (tertiary/aromatic N) is 4. The number of carbonyl (C=O) groups excluding carboxylic acids is 2. The zero-order chi connectivity index (χ0) is 17.7. The maximum absolute atomic E-state index is 12.3. The summed E-state index contributed by atoms with van der Waals surface area (Å²) < 4.78 is 10.4. The second-order valence-electron chi connectivity index (χ2n) is 5.13. The van der Waals surface area contributed by atoms with Gasteiger partial charge in [0.15, 0.2) is 17.3 Å². The Hall–Kier alpha value is -2.84. The number of unbranched alkanes of at least 4 members (excludes halogenated alkanes) is 1. The molecule has 0 aliphatic carbocycles. The number of hydrogen-bond acceptors (Lipinski definition) is 9. The average molecular weight is 333 g/mol. The summed E-state index contributed by atoms with van der Waals surface area (Å²) in [5.74, 6) is -0.843. The molecule has 0 amide bonds. The molecule has 2 aromatic heterocycles. The lowest BCUT2D eigenvalue weighted by Crippen LogP contribution is -2.24. The first kappa shape index (κ1) is 17.5. The van der Waals surface area contributed by atoms with Crippen LogP contribution in [0, 0.1) is 0 Å². The number of nitrogen functional groups attached to an aromatic ring is 1. The van der Waals surface area contributed by atoms with E-state index >= 15 is 0 Å². The van der Waals surface area contributed by atoms with E-state index in [9.17, 15) is 9.59 Å². The number of hydrogen-bond donors (Lipinski definition) is 1. The minimum atomic E-state index is -0.964. The molecule has 0 aliphatic rings. The lowest BCUT2D eigenvalue weighted by atomic mass is 10.2. The van der Waals surface area contributed by atoms with Gasteiger partial charge in [-0.05, 0) is 13.3 Å². The molecule has 1 atom stereocenters. The minimum Gasteiger partial charge on any atom is -0.476 e. The Labute approximate surface area is 138 Å². The molecule has 1 unspecified atom stereocenters. The van der Waals surface area contributed by atoms with Crippen molar-refractivity contribution in [2.45, 2.75) is 39.7 Å². The zero-order valence-corrected chi connectivity index (χ0v) is 13.8. The minimum absolute atomic E-state index is 0.00987. The maximum Gasteiger partial charge on any atom is 0.303 e. The maximum atomic E-state index is 12.3. The molecule has 24 heavy (non-hydrogen) atoms. The van der Waals surface area contributed by atoms with Crippen molar-refractivity contribution >= 4 is 28.9 Å². The molecular weight excluding hydrogens is 314 g/mol.